The molecular formula is C11H19N5O. The van der Waals surface area contributed by atoms with Crippen molar-refractivity contribution in [1.29, 1.82) is 0 Å². The summed E-state index contributed by atoms with van der Waals surface area (Å²) in [5, 5.41) is 6.52. The van der Waals surface area contributed by atoms with Gasteiger partial charge in [0.2, 0.25) is 0 Å². The van der Waals surface area contributed by atoms with Crippen LogP contribution in [0.25, 0.3) is 0 Å². The highest BCUT2D eigenvalue weighted by molar-refractivity contribution is 5.58. The van der Waals surface area contributed by atoms with Gasteiger partial charge in [0, 0.05) is 6.54 Å². The quantitative estimate of drug-likeness (QED) is 0.600. The van der Waals surface area contributed by atoms with Crippen LogP contribution in [0.1, 0.15) is 19.8 Å². The third-order valence-corrected chi connectivity index (χ3v) is 3.38. The zero-order valence-electron chi connectivity index (χ0n) is 10.0. The van der Waals surface area contributed by atoms with Gasteiger partial charge >= 0.3 is 0 Å². The van der Waals surface area contributed by atoms with E-state index in [0.717, 1.165) is 32.5 Å². The molecule has 6 heteroatoms. The number of rotatable bonds is 3. The molecule has 2 heterocycles. The van der Waals surface area contributed by atoms with Crippen molar-refractivity contribution in [2.45, 2.75) is 19.8 Å². The normalized spacial score (nSPS) is 18.9. The first-order valence-corrected chi connectivity index (χ1v) is 5.88. The van der Waals surface area contributed by atoms with Gasteiger partial charge in [-0.15, -0.1) is 0 Å². The Labute approximate surface area is 100 Å². The fourth-order valence-electron chi connectivity index (χ4n) is 2.06. The van der Waals surface area contributed by atoms with Crippen LogP contribution in [-0.2, 0) is 0 Å². The number of nitrogens with two attached hydrogens (primary N) is 1. The highest BCUT2D eigenvalue weighted by Gasteiger charge is 2.26. The van der Waals surface area contributed by atoms with Crippen LogP contribution < -0.4 is 21.9 Å². The van der Waals surface area contributed by atoms with Crippen LogP contribution in [0.2, 0.25) is 0 Å². The fraction of sp³-hybridized carbons (Fsp3) is 0.636. The van der Waals surface area contributed by atoms with Crippen LogP contribution in [0.3, 0.4) is 0 Å². The van der Waals surface area contributed by atoms with Gasteiger partial charge in [-0.3, -0.25) is 4.79 Å². The number of aromatic amines is 1. The fourth-order valence-corrected chi connectivity index (χ4v) is 2.06. The molecule has 17 heavy (non-hydrogen) atoms. The van der Waals surface area contributed by atoms with Crippen LogP contribution in [0.5, 0.6) is 0 Å². The topological polar surface area (TPSA) is 95.8 Å². The van der Waals surface area contributed by atoms with Crippen LogP contribution in [0.15, 0.2) is 11.1 Å². The first-order valence-electron chi connectivity index (χ1n) is 5.88. The highest BCUT2D eigenvalue weighted by atomic mass is 16.1. The van der Waals surface area contributed by atoms with Gasteiger partial charge in [-0.25, -0.2) is 4.98 Å². The molecule has 1 fully saturated rings. The minimum atomic E-state index is -0.294. The number of aromatic nitrogens is 2. The lowest BCUT2D eigenvalue weighted by atomic mass is 9.81. The lowest BCUT2D eigenvalue weighted by Gasteiger charge is -2.34. The van der Waals surface area contributed by atoms with Crippen LogP contribution in [0.4, 0.5) is 11.5 Å². The Morgan fingerprint density at radius 1 is 1.53 bits per heavy atom. The molecule has 1 aromatic heterocycles. The number of hydrogen-bond acceptors (Lipinski definition) is 5. The lowest BCUT2D eigenvalue weighted by molar-refractivity contribution is 0.247. The van der Waals surface area contributed by atoms with Crippen molar-refractivity contribution in [3.63, 3.8) is 0 Å². The summed E-state index contributed by atoms with van der Waals surface area (Å²) >= 11 is 0. The minimum Gasteiger partial charge on any atom is -0.391 e. The van der Waals surface area contributed by atoms with Gasteiger partial charge in [-0.2, -0.15) is 0 Å². The molecule has 0 saturated carbocycles. The molecule has 0 unspecified atom stereocenters. The second-order valence-corrected chi connectivity index (χ2v) is 4.91. The average Bonchev–Trinajstić information content (AvgIpc) is 2.32. The summed E-state index contributed by atoms with van der Waals surface area (Å²) < 4.78 is 0. The summed E-state index contributed by atoms with van der Waals surface area (Å²) in [6, 6.07) is 0. The Balaban J connectivity index is 2.02. The molecule has 1 aliphatic heterocycles. The van der Waals surface area contributed by atoms with Gasteiger partial charge in [0.25, 0.3) is 5.56 Å². The van der Waals surface area contributed by atoms with Gasteiger partial charge in [0.05, 0.1) is 6.33 Å². The van der Waals surface area contributed by atoms with E-state index in [1.165, 1.54) is 6.33 Å². The van der Waals surface area contributed by atoms with E-state index in [2.05, 4.69) is 27.5 Å². The van der Waals surface area contributed by atoms with Crippen molar-refractivity contribution in [2.75, 3.05) is 30.7 Å². The van der Waals surface area contributed by atoms with Crippen molar-refractivity contribution in [1.82, 2.24) is 15.3 Å². The SMILES string of the molecule is CC1(CNc2nc[nH]c(=O)c2N)CCNCC1. The second-order valence-electron chi connectivity index (χ2n) is 4.91. The van der Waals surface area contributed by atoms with Crippen molar-refractivity contribution in [2.24, 2.45) is 5.41 Å². The maximum Gasteiger partial charge on any atom is 0.276 e. The van der Waals surface area contributed by atoms with Crippen molar-refractivity contribution >= 4 is 11.5 Å². The molecule has 0 bridgehead atoms. The molecular weight excluding hydrogens is 218 g/mol. The molecule has 0 atom stereocenters. The zero-order valence-corrected chi connectivity index (χ0v) is 10.0. The van der Waals surface area contributed by atoms with Crippen LogP contribution >= 0.6 is 0 Å². The number of nitrogen functional groups attached to an aromatic ring is 1. The molecule has 0 radical (unpaired) electrons. The third-order valence-electron chi connectivity index (χ3n) is 3.38. The Hall–Kier alpha value is -1.56. The standard InChI is InChI=1S/C11H19N5O/c1-11(2-4-13-5-3-11)6-14-9-8(12)10(17)16-7-15-9/h7,13H,2-6,12H2,1H3,(H2,14,15,16,17). The molecule has 1 saturated heterocycles. The van der Waals surface area contributed by atoms with E-state index in [0.29, 0.717) is 5.82 Å². The molecule has 0 spiro atoms. The van der Waals surface area contributed by atoms with Crippen molar-refractivity contribution in [3.8, 4) is 0 Å². The monoisotopic (exact) mass is 237 g/mol. The number of nitrogens with one attached hydrogen (secondary N) is 3. The molecule has 1 aliphatic rings. The number of piperidine rings is 1. The smallest absolute Gasteiger partial charge is 0.276 e. The number of H-pyrrole nitrogens is 1. The molecule has 6 nitrogen and oxygen atoms in total. The van der Waals surface area contributed by atoms with Gasteiger partial charge in [0.15, 0.2) is 5.82 Å². The predicted molar refractivity (Wildman–Crippen MR) is 68.0 cm³/mol. The van der Waals surface area contributed by atoms with Gasteiger partial charge in [0.1, 0.15) is 5.69 Å². The van der Waals surface area contributed by atoms with E-state index < -0.39 is 0 Å². The number of anilines is 2. The molecule has 0 aliphatic carbocycles. The van der Waals surface area contributed by atoms with E-state index >= 15 is 0 Å². The van der Waals surface area contributed by atoms with Gasteiger partial charge < -0.3 is 21.4 Å². The predicted octanol–water partition coefficient (Wildman–Crippen LogP) is 0.154. The van der Waals surface area contributed by atoms with E-state index in [-0.39, 0.29) is 16.7 Å². The molecule has 94 valence electrons. The highest BCUT2D eigenvalue weighted by Crippen LogP contribution is 2.28. The Bertz CT molecular complexity index is 436. The minimum absolute atomic E-state index is 0.157. The summed E-state index contributed by atoms with van der Waals surface area (Å²) in [6.07, 6.45) is 3.60. The maximum absolute atomic E-state index is 11.3. The Kier molecular flexibility index (Phi) is 3.33. The third kappa shape index (κ3) is 2.76. The van der Waals surface area contributed by atoms with Crippen LogP contribution in [0, 0.1) is 5.41 Å². The molecule has 5 N–H and O–H groups in total. The zero-order chi connectivity index (χ0) is 12.3. The Morgan fingerprint density at radius 3 is 2.94 bits per heavy atom. The second kappa shape index (κ2) is 4.75. The van der Waals surface area contributed by atoms with E-state index in [1.54, 1.807) is 0 Å². The van der Waals surface area contributed by atoms with Gasteiger partial charge in [-0.05, 0) is 31.3 Å². The number of hydrogen-bond donors (Lipinski definition) is 4. The van der Waals surface area contributed by atoms with Crippen molar-refractivity contribution in [3.05, 3.63) is 16.7 Å². The lowest BCUT2D eigenvalue weighted by Crippen LogP contribution is -2.39. The van der Waals surface area contributed by atoms with E-state index in [4.69, 9.17) is 5.73 Å². The molecule has 0 amide bonds. The molecule has 2 rings (SSSR count). The average molecular weight is 237 g/mol. The molecule has 1 aromatic rings. The summed E-state index contributed by atoms with van der Waals surface area (Å²) in [5.74, 6) is 0.480. The summed E-state index contributed by atoms with van der Waals surface area (Å²) in [7, 11) is 0. The van der Waals surface area contributed by atoms with Crippen LogP contribution in [-0.4, -0.2) is 29.6 Å². The number of nitrogens with zero attached hydrogens (tertiary/aromatic N) is 1. The first-order chi connectivity index (χ1) is 8.11. The summed E-state index contributed by atoms with van der Waals surface area (Å²) in [6.45, 7) is 5.10. The first kappa shape index (κ1) is 11.9. The maximum atomic E-state index is 11.3. The molecule has 0 aromatic carbocycles. The Morgan fingerprint density at radius 2 is 2.24 bits per heavy atom. The van der Waals surface area contributed by atoms with E-state index in [1.807, 2.05) is 0 Å². The van der Waals surface area contributed by atoms with E-state index in [9.17, 15) is 4.79 Å². The largest absolute Gasteiger partial charge is 0.391 e. The summed E-state index contributed by atoms with van der Waals surface area (Å²) in [5.41, 5.74) is 5.76. The van der Waals surface area contributed by atoms with Crippen molar-refractivity contribution < 1.29 is 0 Å². The van der Waals surface area contributed by atoms with Gasteiger partial charge in [-0.1, -0.05) is 6.92 Å². The summed E-state index contributed by atoms with van der Waals surface area (Å²) in [4.78, 5) is 17.8.